The Kier molecular flexibility index (Phi) is 6.34. The summed E-state index contributed by atoms with van der Waals surface area (Å²) < 4.78 is 5.47. The molecule has 3 unspecified atom stereocenters. The van der Waals surface area contributed by atoms with E-state index in [1.807, 2.05) is 13.8 Å². The minimum atomic E-state index is 0.128. The van der Waals surface area contributed by atoms with Crippen molar-refractivity contribution >= 4 is 0 Å². The van der Waals surface area contributed by atoms with E-state index in [1.54, 1.807) is 0 Å². The Labute approximate surface area is 75.5 Å². The van der Waals surface area contributed by atoms with E-state index in [2.05, 4.69) is 6.92 Å². The van der Waals surface area contributed by atoms with Gasteiger partial charge in [0.15, 0.2) is 0 Å². The molecule has 0 aromatic carbocycles. The number of hydrogen-bond donors (Lipinski definition) is 2. The molecule has 0 aromatic rings. The van der Waals surface area contributed by atoms with E-state index in [0.717, 1.165) is 12.8 Å². The second-order valence-electron chi connectivity index (χ2n) is 3.68. The lowest BCUT2D eigenvalue weighted by Crippen LogP contribution is -2.26. The standard InChI is InChI=1S/C9H22N2O/c1-7(10)4-5-9(3)12-6-8(2)11/h7-9H,4-6,10-11H2,1-3H3. The van der Waals surface area contributed by atoms with Gasteiger partial charge >= 0.3 is 0 Å². The first-order valence-electron chi connectivity index (χ1n) is 4.65. The third kappa shape index (κ3) is 7.98. The van der Waals surface area contributed by atoms with Crippen molar-refractivity contribution in [1.29, 1.82) is 0 Å². The molecule has 0 heterocycles. The molecule has 0 spiro atoms. The molecule has 0 aliphatic carbocycles. The minimum absolute atomic E-state index is 0.128. The summed E-state index contributed by atoms with van der Waals surface area (Å²) in [5.74, 6) is 0. The van der Waals surface area contributed by atoms with Crippen LogP contribution in [-0.2, 0) is 4.74 Å². The Hall–Kier alpha value is -0.120. The van der Waals surface area contributed by atoms with Crippen molar-refractivity contribution in [1.82, 2.24) is 0 Å². The van der Waals surface area contributed by atoms with Crippen LogP contribution in [0.25, 0.3) is 0 Å². The first-order valence-corrected chi connectivity index (χ1v) is 4.65. The summed E-state index contributed by atoms with van der Waals surface area (Å²) in [6.45, 7) is 6.65. The fourth-order valence-corrected chi connectivity index (χ4v) is 0.897. The largest absolute Gasteiger partial charge is 0.377 e. The maximum absolute atomic E-state index is 5.62. The van der Waals surface area contributed by atoms with E-state index in [1.165, 1.54) is 0 Å². The van der Waals surface area contributed by atoms with E-state index < -0.39 is 0 Å². The van der Waals surface area contributed by atoms with Crippen molar-refractivity contribution in [2.45, 2.75) is 51.8 Å². The van der Waals surface area contributed by atoms with Crippen LogP contribution in [0.3, 0.4) is 0 Å². The Morgan fingerprint density at radius 1 is 1.00 bits per heavy atom. The van der Waals surface area contributed by atoms with Crippen LogP contribution in [-0.4, -0.2) is 24.8 Å². The van der Waals surface area contributed by atoms with Crippen LogP contribution in [0.5, 0.6) is 0 Å². The molecule has 0 saturated carbocycles. The van der Waals surface area contributed by atoms with Crippen molar-refractivity contribution < 1.29 is 4.74 Å². The fourth-order valence-electron chi connectivity index (χ4n) is 0.897. The molecular formula is C9H22N2O. The maximum atomic E-state index is 5.62. The van der Waals surface area contributed by atoms with Gasteiger partial charge in [0.05, 0.1) is 12.7 Å². The second kappa shape index (κ2) is 6.40. The Bertz CT molecular complexity index is 92.7. The fraction of sp³-hybridized carbons (Fsp3) is 1.00. The van der Waals surface area contributed by atoms with Gasteiger partial charge in [0.2, 0.25) is 0 Å². The summed E-state index contributed by atoms with van der Waals surface area (Å²) in [6, 6.07) is 0.397. The van der Waals surface area contributed by atoms with Gasteiger partial charge in [-0.2, -0.15) is 0 Å². The highest BCUT2D eigenvalue weighted by Gasteiger charge is 2.04. The van der Waals surface area contributed by atoms with Gasteiger partial charge in [-0.15, -0.1) is 0 Å². The molecule has 3 atom stereocenters. The van der Waals surface area contributed by atoms with Gasteiger partial charge in [-0.3, -0.25) is 0 Å². The zero-order chi connectivity index (χ0) is 9.56. The summed E-state index contributed by atoms with van der Waals surface area (Å²) in [7, 11) is 0. The molecular weight excluding hydrogens is 152 g/mol. The van der Waals surface area contributed by atoms with Crippen LogP contribution in [0.2, 0.25) is 0 Å². The lowest BCUT2D eigenvalue weighted by molar-refractivity contribution is 0.0513. The van der Waals surface area contributed by atoms with Crippen molar-refractivity contribution in [2.24, 2.45) is 11.5 Å². The molecule has 0 saturated heterocycles. The van der Waals surface area contributed by atoms with Gasteiger partial charge in [-0.1, -0.05) is 0 Å². The molecule has 0 bridgehead atoms. The zero-order valence-electron chi connectivity index (χ0n) is 8.42. The molecule has 4 N–H and O–H groups in total. The number of hydrogen-bond acceptors (Lipinski definition) is 3. The Morgan fingerprint density at radius 3 is 2.00 bits per heavy atom. The molecule has 3 nitrogen and oxygen atoms in total. The molecule has 12 heavy (non-hydrogen) atoms. The molecule has 0 aromatic heterocycles. The van der Waals surface area contributed by atoms with Crippen molar-refractivity contribution in [3.05, 3.63) is 0 Å². The zero-order valence-corrected chi connectivity index (χ0v) is 8.42. The highest BCUT2D eigenvalue weighted by Crippen LogP contribution is 2.03. The molecule has 74 valence electrons. The normalized spacial score (nSPS) is 18.8. The van der Waals surface area contributed by atoms with Crippen LogP contribution in [0, 0.1) is 0 Å². The van der Waals surface area contributed by atoms with Gasteiger partial charge < -0.3 is 16.2 Å². The number of nitrogens with two attached hydrogens (primary N) is 2. The predicted octanol–water partition coefficient (Wildman–Crippen LogP) is 0.866. The average Bonchev–Trinajstić information content (AvgIpc) is 1.96. The highest BCUT2D eigenvalue weighted by molar-refractivity contribution is 4.59. The lowest BCUT2D eigenvalue weighted by Gasteiger charge is -2.15. The van der Waals surface area contributed by atoms with Crippen molar-refractivity contribution in [3.8, 4) is 0 Å². The van der Waals surface area contributed by atoms with E-state index in [0.29, 0.717) is 6.61 Å². The van der Waals surface area contributed by atoms with E-state index >= 15 is 0 Å². The van der Waals surface area contributed by atoms with Crippen molar-refractivity contribution in [3.63, 3.8) is 0 Å². The molecule has 3 heteroatoms. The first-order chi connectivity index (χ1) is 5.52. The predicted molar refractivity (Wildman–Crippen MR) is 51.9 cm³/mol. The highest BCUT2D eigenvalue weighted by atomic mass is 16.5. The van der Waals surface area contributed by atoms with Crippen LogP contribution >= 0.6 is 0 Å². The van der Waals surface area contributed by atoms with Gasteiger partial charge in [0.25, 0.3) is 0 Å². The summed E-state index contributed by atoms with van der Waals surface area (Å²) in [5.41, 5.74) is 11.2. The summed E-state index contributed by atoms with van der Waals surface area (Å²) in [4.78, 5) is 0. The first kappa shape index (κ1) is 11.9. The Morgan fingerprint density at radius 2 is 1.58 bits per heavy atom. The summed E-state index contributed by atoms with van der Waals surface area (Å²) >= 11 is 0. The Balaban J connectivity index is 3.27. The molecule has 0 fully saturated rings. The van der Waals surface area contributed by atoms with Gasteiger partial charge in [0.1, 0.15) is 0 Å². The summed E-state index contributed by atoms with van der Waals surface area (Å²) in [6.07, 6.45) is 2.31. The third-order valence-electron chi connectivity index (χ3n) is 1.67. The van der Waals surface area contributed by atoms with E-state index in [-0.39, 0.29) is 18.2 Å². The van der Waals surface area contributed by atoms with Gasteiger partial charge in [0, 0.05) is 12.1 Å². The van der Waals surface area contributed by atoms with Crippen LogP contribution in [0.1, 0.15) is 33.6 Å². The quantitative estimate of drug-likeness (QED) is 0.628. The second-order valence-corrected chi connectivity index (χ2v) is 3.68. The van der Waals surface area contributed by atoms with Gasteiger partial charge in [-0.05, 0) is 33.6 Å². The smallest absolute Gasteiger partial charge is 0.0618 e. The van der Waals surface area contributed by atoms with E-state index in [9.17, 15) is 0 Å². The van der Waals surface area contributed by atoms with Crippen molar-refractivity contribution in [2.75, 3.05) is 6.61 Å². The maximum Gasteiger partial charge on any atom is 0.0618 e. The SMILES string of the molecule is CC(N)CCC(C)OCC(C)N. The van der Waals surface area contributed by atoms with Gasteiger partial charge in [-0.25, -0.2) is 0 Å². The lowest BCUT2D eigenvalue weighted by atomic mass is 10.1. The number of ether oxygens (including phenoxy) is 1. The topological polar surface area (TPSA) is 61.3 Å². The number of rotatable bonds is 6. The average molecular weight is 174 g/mol. The minimum Gasteiger partial charge on any atom is -0.377 e. The van der Waals surface area contributed by atoms with Crippen LogP contribution in [0.4, 0.5) is 0 Å². The molecule has 0 rings (SSSR count). The molecule has 0 aliphatic heterocycles. The third-order valence-corrected chi connectivity index (χ3v) is 1.67. The summed E-state index contributed by atoms with van der Waals surface area (Å²) in [5, 5.41) is 0. The van der Waals surface area contributed by atoms with Crippen LogP contribution < -0.4 is 11.5 Å². The molecule has 0 radical (unpaired) electrons. The molecule has 0 aliphatic rings. The van der Waals surface area contributed by atoms with E-state index in [4.69, 9.17) is 16.2 Å². The molecule has 0 amide bonds. The monoisotopic (exact) mass is 174 g/mol. The van der Waals surface area contributed by atoms with Crippen LogP contribution in [0.15, 0.2) is 0 Å².